The van der Waals surface area contributed by atoms with E-state index in [4.69, 9.17) is 4.74 Å². The minimum atomic E-state index is -3.42. The van der Waals surface area contributed by atoms with Gasteiger partial charge in [-0.25, -0.2) is 0 Å². The number of hydrogen-bond donors (Lipinski definition) is 3. The van der Waals surface area contributed by atoms with E-state index in [-0.39, 0.29) is 18.6 Å². The average Bonchev–Trinajstić information content (AvgIpc) is 2.22. The molecular weight excluding hydrogens is 242 g/mol. The Morgan fingerprint density at radius 2 is 2.06 bits per heavy atom. The molecule has 1 aliphatic rings. The van der Waals surface area contributed by atoms with Gasteiger partial charge in [0.2, 0.25) is 0 Å². The fourth-order valence-corrected chi connectivity index (χ4v) is 3.16. The van der Waals surface area contributed by atoms with Crippen molar-refractivity contribution >= 4 is 10.2 Å². The first-order chi connectivity index (χ1) is 7.94. The van der Waals surface area contributed by atoms with Gasteiger partial charge in [-0.1, -0.05) is 0 Å². The Kier molecular flexibility index (Phi) is 5.81. The van der Waals surface area contributed by atoms with Crippen LogP contribution in [-0.4, -0.2) is 46.8 Å². The summed E-state index contributed by atoms with van der Waals surface area (Å²) in [6.45, 7) is 4.77. The van der Waals surface area contributed by atoms with E-state index in [0.717, 1.165) is 12.8 Å². The molecule has 0 aromatic rings. The lowest BCUT2D eigenvalue weighted by Gasteiger charge is -2.34. The number of nitrogens with one attached hydrogen (secondary N) is 3. The largest absolute Gasteiger partial charge is 0.383 e. The van der Waals surface area contributed by atoms with Gasteiger partial charge in [-0.3, -0.25) is 0 Å². The molecule has 1 saturated heterocycles. The lowest BCUT2D eigenvalue weighted by Crippen LogP contribution is -2.56. The van der Waals surface area contributed by atoms with Crippen LogP contribution in [0.15, 0.2) is 0 Å². The number of ether oxygens (including phenoxy) is 1. The average molecular weight is 265 g/mol. The second kappa shape index (κ2) is 6.65. The van der Waals surface area contributed by atoms with E-state index in [1.54, 1.807) is 0 Å². The molecule has 0 radical (unpaired) electrons. The van der Waals surface area contributed by atoms with Gasteiger partial charge in [0.05, 0.1) is 6.61 Å². The Labute approximate surface area is 104 Å². The summed E-state index contributed by atoms with van der Waals surface area (Å²) < 4.78 is 33.3. The molecule has 3 unspecified atom stereocenters. The smallest absolute Gasteiger partial charge is 0.277 e. The van der Waals surface area contributed by atoms with Crippen LogP contribution in [0.1, 0.15) is 26.7 Å². The van der Waals surface area contributed by atoms with Crippen molar-refractivity contribution < 1.29 is 13.2 Å². The second-order valence-electron chi connectivity index (χ2n) is 4.55. The first-order valence-electron chi connectivity index (χ1n) is 5.96. The lowest BCUT2D eigenvalue weighted by molar-refractivity contribution is 0.204. The molecule has 3 N–H and O–H groups in total. The van der Waals surface area contributed by atoms with E-state index in [2.05, 4.69) is 21.7 Å². The summed E-state index contributed by atoms with van der Waals surface area (Å²) in [4.78, 5) is 0. The van der Waals surface area contributed by atoms with Gasteiger partial charge in [-0.05, 0) is 26.7 Å². The van der Waals surface area contributed by atoms with Gasteiger partial charge < -0.3 is 10.1 Å². The molecule has 0 amide bonds. The summed E-state index contributed by atoms with van der Waals surface area (Å²) in [5.74, 6) is 0. The Hall–Kier alpha value is -0.210. The Morgan fingerprint density at radius 1 is 1.35 bits per heavy atom. The molecule has 1 aliphatic heterocycles. The van der Waals surface area contributed by atoms with Crippen molar-refractivity contribution in [3.05, 3.63) is 0 Å². The highest BCUT2D eigenvalue weighted by Gasteiger charge is 2.27. The Bertz CT molecular complexity index is 321. The van der Waals surface area contributed by atoms with E-state index in [1.165, 1.54) is 7.11 Å². The highest BCUT2D eigenvalue weighted by atomic mass is 32.2. The van der Waals surface area contributed by atoms with Crippen LogP contribution >= 0.6 is 0 Å². The molecule has 1 heterocycles. The van der Waals surface area contributed by atoms with Crippen LogP contribution in [0.25, 0.3) is 0 Å². The first-order valence-corrected chi connectivity index (χ1v) is 7.45. The Morgan fingerprint density at radius 3 is 2.65 bits per heavy atom. The summed E-state index contributed by atoms with van der Waals surface area (Å²) in [5.41, 5.74) is 0. The van der Waals surface area contributed by atoms with E-state index >= 15 is 0 Å². The van der Waals surface area contributed by atoms with Crippen molar-refractivity contribution in [3.63, 3.8) is 0 Å². The fourth-order valence-electron chi connectivity index (χ4n) is 2.01. The molecular formula is C10H23N3O3S. The SMILES string of the molecule is COCCNS(=O)(=O)NC1CCC(C)NC1C. The predicted molar refractivity (Wildman–Crippen MR) is 67.0 cm³/mol. The summed E-state index contributed by atoms with van der Waals surface area (Å²) in [5, 5.41) is 3.34. The van der Waals surface area contributed by atoms with Gasteiger partial charge in [0.1, 0.15) is 0 Å². The zero-order valence-electron chi connectivity index (χ0n) is 10.7. The monoisotopic (exact) mass is 265 g/mol. The molecule has 102 valence electrons. The molecule has 0 aromatic carbocycles. The maximum atomic E-state index is 11.7. The lowest BCUT2D eigenvalue weighted by atomic mass is 9.96. The molecule has 1 fully saturated rings. The third kappa shape index (κ3) is 5.31. The topological polar surface area (TPSA) is 79.5 Å². The third-order valence-electron chi connectivity index (χ3n) is 2.97. The van der Waals surface area contributed by atoms with Crippen molar-refractivity contribution in [1.82, 2.24) is 14.8 Å². The molecule has 0 aromatic heterocycles. The van der Waals surface area contributed by atoms with Gasteiger partial charge in [0.15, 0.2) is 0 Å². The minimum Gasteiger partial charge on any atom is -0.383 e. The fraction of sp³-hybridized carbons (Fsp3) is 1.00. The highest BCUT2D eigenvalue weighted by molar-refractivity contribution is 7.87. The van der Waals surface area contributed by atoms with Crippen LogP contribution in [0.5, 0.6) is 0 Å². The van der Waals surface area contributed by atoms with Gasteiger partial charge >= 0.3 is 0 Å². The summed E-state index contributed by atoms with van der Waals surface area (Å²) in [6, 6.07) is 0.552. The number of hydrogen-bond acceptors (Lipinski definition) is 4. The molecule has 17 heavy (non-hydrogen) atoms. The molecule has 0 aliphatic carbocycles. The molecule has 7 heteroatoms. The molecule has 3 atom stereocenters. The van der Waals surface area contributed by atoms with E-state index < -0.39 is 10.2 Å². The number of piperidine rings is 1. The maximum absolute atomic E-state index is 11.7. The highest BCUT2D eigenvalue weighted by Crippen LogP contribution is 2.13. The second-order valence-corrected chi connectivity index (χ2v) is 6.08. The van der Waals surface area contributed by atoms with Crippen LogP contribution < -0.4 is 14.8 Å². The summed E-state index contributed by atoms with van der Waals surface area (Å²) >= 11 is 0. The predicted octanol–water partition coefficient (Wildman–Crippen LogP) is -0.414. The van der Waals surface area contributed by atoms with Crippen molar-refractivity contribution in [2.45, 2.75) is 44.8 Å². The minimum absolute atomic E-state index is 0.0498. The van der Waals surface area contributed by atoms with Crippen LogP contribution in [0.4, 0.5) is 0 Å². The van der Waals surface area contributed by atoms with Crippen molar-refractivity contribution in [1.29, 1.82) is 0 Å². The number of methoxy groups -OCH3 is 1. The Balaban J connectivity index is 2.41. The van der Waals surface area contributed by atoms with Crippen molar-refractivity contribution in [2.24, 2.45) is 0 Å². The standard InChI is InChI=1S/C10H23N3O3S/c1-8-4-5-10(9(2)12-8)13-17(14,15)11-6-7-16-3/h8-13H,4-7H2,1-3H3. The maximum Gasteiger partial charge on any atom is 0.277 e. The quantitative estimate of drug-likeness (QED) is 0.570. The zero-order chi connectivity index (χ0) is 12.9. The van der Waals surface area contributed by atoms with E-state index in [1.807, 2.05) is 6.92 Å². The van der Waals surface area contributed by atoms with Gasteiger partial charge in [0, 0.05) is 31.8 Å². The molecule has 1 rings (SSSR count). The van der Waals surface area contributed by atoms with Crippen LogP contribution in [-0.2, 0) is 14.9 Å². The van der Waals surface area contributed by atoms with Gasteiger partial charge in [0.25, 0.3) is 10.2 Å². The van der Waals surface area contributed by atoms with Crippen molar-refractivity contribution in [3.8, 4) is 0 Å². The van der Waals surface area contributed by atoms with Gasteiger partial charge in [-0.2, -0.15) is 17.9 Å². The molecule has 0 saturated carbocycles. The normalized spacial score (nSPS) is 30.4. The molecule has 6 nitrogen and oxygen atoms in total. The first kappa shape index (κ1) is 14.8. The molecule has 0 bridgehead atoms. The molecule has 0 spiro atoms. The summed E-state index contributed by atoms with van der Waals surface area (Å²) in [7, 11) is -1.89. The third-order valence-corrected chi connectivity index (χ3v) is 4.16. The van der Waals surface area contributed by atoms with E-state index in [9.17, 15) is 8.42 Å². The summed E-state index contributed by atoms with van der Waals surface area (Å²) in [6.07, 6.45) is 1.84. The number of rotatable bonds is 6. The zero-order valence-corrected chi connectivity index (χ0v) is 11.5. The van der Waals surface area contributed by atoms with Crippen LogP contribution in [0.3, 0.4) is 0 Å². The van der Waals surface area contributed by atoms with Crippen molar-refractivity contribution in [2.75, 3.05) is 20.3 Å². The van der Waals surface area contributed by atoms with Gasteiger partial charge in [-0.15, -0.1) is 0 Å². The van der Waals surface area contributed by atoms with Crippen LogP contribution in [0.2, 0.25) is 0 Å². The van der Waals surface area contributed by atoms with E-state index in [0.29, 0.717) is 12.6 Å². The van der Waals surface area contributed by atoms with Crippen LogP contribution in [0, 0.1) is 0 Å².